The molecule has 1 atom stereocenters. The summed E-state index contributed by atoms with van der Waals surface area (Å²) in [5, 5.41) is 13.2. The van der Waals surface area contributed by atoms with Crippen molar-refractivity contribution in [2.24, 2.45) is 5.92 Å². The monoisotopic (exact) mass is 343 g/mol. The van der Waals surface area contributed by atoms with Crippen molar-refractivity contribution in [3.8, 4) is 11.4 Å². The summed E-state index contributed by atoms with van der Waals surface area (Å²) in [6.07, 6.45) is 3.35. The highest BCUT2D eigenvalue weighted by Gasteiger charge is 2.26. The number of nitrogens with zero attached hydrogens (tertiary/aromatic N) is 2. The van der Waals surface area contributed by atoms with Crippen molar-refractivity contribution in [1.29, 1.82) is 0 Å². The largest absolute Gasteiger partial charge is 0.381 e. The average molecular weight is 343 g/mol. The molecule has 2 aromatic rings. The van der Waals surface area contributed by atoms with E-state index in [0.29, 0.717) is 11.9 Å². The lowest BCUT2D eigenvalue weighted by atomic mass is 9.99. The van der Waals surface area contributed by atoms with Gasteiger partial charge in [-0.2, -0.15) is 5.10 Å². The number of hydrogen-bond acceptors (Lipinski definition) is 5. The molecule has 1 aromatic heterocycles. The number of carbonyl (C=O) groups excluding carboxylic acids is 1. The number of ether oxygens (including phenoxy) is 1. The van der Waals surface area contributed by atoms with E-state index < -0.39 is 0 Å². The van der Waals surface area contributed by atoms with Gasteiger partial charge in [-0.05, 0) is 30.9 Å². The predicted octanol–water partition coefficient (Wildman–Crippen LogP) is 2.20. The summed E-state index contributed by atoms with van der Waals surface area (Å²) in [6, 6.07) is 7.68. The molecule has 134 valence electrons. The molecule has 1 aliphatic heterocycles. The Balaban J connectivity index is 1.67. The zero-order valence-corrected chi connectivity index (χ0v) is 14.7. The van der Waals surface area contributed by atoms with Crippen LogP contribution in [0.25, 0.3) is 11.4 Å². The number of benzene rings is 1. The van der Waals surface area contributed by atoms with Gasteiger partial charge in [0.15, 0.2) is 5.82 Å². The normalized spacial score (nSPS) is 16.8. The van der Waals surface area contributed by atoms with Gasteiger partial charge in [-0.1, -0.05) is 26.0 Å². The topological polar surface area (TPSA) is 91.9 Å². The number of H-pyrrole nitrogens is 1. The third kappa shape index (κ3) is 4.64. The number of aromatic amines is 1. The van der Waals surface area contributed by atoms with E-state index in [1.807, 2.05) is 24.3 Å². The lowest BCUT2D eigenvalue weighted by Crippen LogP contribution is -2.50. The molecule has 3 rings (SSSR count). The van der Waals surface area contributed by atoms with Gasteiger partial charge in [-0.25, -0.2) is 4.98 Å². The van der Waals surface area contributed by atoms with Crippen molar-refractivity contribution in [2.45, 2.75) is 38.8 Å². The fourth-order valence-electron chi connectivity index (χ4n) is 3.00. The molecule has 1 aromatic carbocycles. The summed E-state index contributed by atoms with van der Waals surface area (Å²) in [5.41, 5.74) is 1.63. The number of nitrogens with one attached hydrogen (secondary N) is 3. The summed E-state index contributed by atoms with van der Waals surface area (Å²) in [5.74, 6) is 0.855. The van der Waals surface area contributed by atoms with E-state index in [1.165, 1.54) is 6.33 Å². The predicted molar refractivity (Wildman–Crippen MR) is 96.1 cm³/mol. The fraction of sp³-hybridized carbons (Fsp3) is 0.500. The summed E-state index contributed by atoms with van der Waals surface area (Å²) in [6.45, 7) is 5.62. The van der Waals surface area contributed by atoms with Crippen LogP contribution >= 0.6 is 0 Å². The molecule has 0 bridgehead atoms. The molecular weight excluding hydrogens is 318 g/mol. The van der Waals surface area contributed by atoms with Crippen LogP contribution in [0, 0.1) is 5.92 Å². The molecule has 0 unspecified atom stereocenters. The standard InChI is InChI=1S/C18H25N5O2/c1-12(2)16(21-14-6-8-25-9-7-14)18(24)22-15-5-3-4-13(10-15)17-19-11-20-23-17/h3-5,10-12,14,16,21H,6-9H2,1-2H3,(H,22,24)(H,19,20,23)/t16-/m0/s1. The minimum atomic E-state index is -0.239. The first-order valence-corrected chi connectivity index (χ1v) is 8.74. The highest BCUT2D eigenvalue weighted by Crippen LogP contribution is 2.19. The smallest absolute Gasteiger partial charge is 0.241 e. The zero-order valence-electron chi connectivity index (χ0n) is 14.7. The molecule has 0 aliphatic carbocycles. The molecule has 1 amide bonds. The Morgan fingerprint density at radius 1 is 1.32 bits per heavy atom. The molecule has 1 fully saturated rings. The van der Waals surface area contributed by atoms with Crippen molar-refractivity contribution in [3.63, 3.8) is 0 Å². The molecule has 0 saturated carbocycles. The Morgan fingerprint density at radius 3 is 2.80 bits per heavy atom. The molecular formula is C18H25N5O2. The van der Waals surface area contributed by atoms with E-state index in [-0.39, 0.29) is 17.9 Å². The van der Waals surface area contributed by atoms with E-state index in [9.17, 15) is 4.79 Å². The van der Waals surface area contributed by atoms with E-state index >= 15 is 0 Å². The lowest BCUT2D eigenvalue weighted by Gasteiger charge is -2.30. The van der Waals surface area contributed by atoms with Crippen LogP contribution in [-0.2, 0) is 9.53 Å². The van der Waals surface area contributed by atoms with Crippen LogP contribution in [0.5, 0.6) is 0 Å². The summed E-state index contributed by atoms with van der Waals surface area (Å²) in [4.78, 5) is 16.9. The van der Waals surface area contributed by atoms with Gasteiger partial charge in [-0.3, -0.25) is 9.89 Å². The van der Waals surface area contributed by atoms with E-state index in [0.717, 1.165) is 37.3 Å². The maximum absolute atomic E-state index is 12.8. The zero-order chi connectivity index (χ0) is 17.6. The maximum Gasteiger partial charge on any atom is 0.241 e. The molecule has 3 N–H and O–H groups in total. The highest BCUT2D eigenvalue weighted by molar-refractivity contribution is 5.95. The second-order valence-corrected chi connectivity index (χ2v) is 6.68. The first-order valence-electron chi connectivity index (χ1n) is 8.74. The van der Waals surface area contributed by atoms with Crippen molar-refractivity contribution in [3.05, 3.63) is 30.6 Å². The van der Waals surface area contributed by atoms with Crippen molar-refractivity contribution in [2.75, 3.05) is 18.5 Å². The maximum atomic E-state index is 12.8. The Morgan fingerprint density at radius 2 is 2.12 bits per heavy atom. The Hall–Kier alpha value is -2.25. The highest BCUT2D eigenvalue weighted by atomic mass is 16.5. The second-order valence-electron chi connectivity index (χ2n) is 6.68. The fourth-order valence-corrected chi connectivity index (χ4v) is 3.00. The van der Waals surface area contributed by atoms with Gasteiger partial charge >= 0.3 is 0 Å². The van der Waals surface area contributed by atoms with Crippen LogP contribution < -0.4 is 10.6 Å². The summed E-state index contributed by atoms with van der Waals surface area (Å²) in [7, 11) is 0. The Kier molecular flexibility index (Phi) is 5.78. The molecule has 1 saturated heterocycles. The first-order chi connectivity index (χ1) is 12.1. The molecule has 7 nitrogen and oxygen atoms in total. The quantitative estimate of drug-likeness (QED) is 0.748. The minimum absolute atomic E-state index is 0.0174. The Bertz CT molecular complexity index is 681. The minimum Gasteiger partial charge on any atom is -0.381 e. The molecule has 1 aliphatic rings. The van der Waals surface area contributed by atoms with Crippen LogP contribution in [-0.4, -0.2) is 46.4 Å². The summed E-state index contributed by atoms with van der Waals surface area (Å²) >= 11 is 0. The van der Waals surface area contributed by atoms with Gasteiger partial charge in [0.25, 0.3) is 0 Å². The van der Waals surface area contributed by atoms with Crippen LogP contribution in [0.2, 0.25) is 0 Å². The van der Waals surface area contributed by atoms with Crippen molar-refractivity contribution >= 4 is 11.6 Å². The average Bonchev–Trinajstić information content (AvgIpc) is 3.15. The molecule has 7 heteroatoms. The van der Waals surface area contributed by atoms with Crippen molar-refractivity contribution in [1.82, 2.24) is 20.5 Å². The van der Waals surface area contributed by atoms with Gasteiger partial charge in [0.2, 0.25) is 5.91 Å². The number of carbonyl (C=O) groups is 1. The number of aromatic nitrogens is 3. The third-order valence-corrected chi connectivity index (χ3v) is 4.40. The van der Waals surface area contributed by atoms with Gasteiger partial charge in [0.05, 0.1) is 6.04 Å². The third-order valence-electron chi connectivity index (χ3n) is 4.40. The van der Waals surface area contributed by atoms with Crippen LogP contribution in [0.15, 0.2) is 30.6 Å². The molecule has 0 radical (unpaired) electrons. The number of hydrogen-bond donors (Lipinski definition) is 3. The van der Waals surface area contributed by atoms with Crippen molar-refractivity contribution < 1.29 is 9.53 Å². The van der Waals surface area contributed by atoms with Crippen LogP contribution in [0.4, 0.5) is 5.69 Å². The number of amides is 1. The molecule has 0 spiro atoms. The second kappa shape index (κ2) is 8.22. The van der Waals surface area contributed by atoms with Gasteiger partial charge in [0, 0.05) is 30.5 Å². The molecule has 25 heavy (non-hydrogen) atoms. The first kappa shape index (κ1) is 17.6. The lowest BCUT2D eigenvalue weighted by molar-refractivity contribution is -0.119. The van der Waals surface area contributed by atoms with E-state index in [4.69, 9.17) is 4.74 Å². The Labute approximate surface area is 147 Å². The number of anilines is 1. The number of rotatable bonds is 6. The summed E-state index contributed by atoms with van der Waals surface area (Å²) < 4.78 is 5.39. The SMILES string of the molecule is CC(C)[C@H](NC1CCOCC1)C(=O)Nc1cccc(-c2ncn[nH]2)c1. The van der Waals surface area contributed by atoms with E-state index in [2.05, 4.69) is 39.7 Å². The van der Waals surface area contributed by atoms with Crippen LogP contribution in [0.1, 0.15) is 26.7 Å². The van der Waals surface area contributed by atoms with Gasteiger partial charge < -0.3 is 15.4 Å². The molecule has 2 heterocycles. The van der Waals surface area contributed by atoms with E-state index in [1.54, 1.807) is 0 Å². The van der Waals surface area contributed by atoms with Crippen LogP contribution in [0.3, 0.4) is 0 Å². The van der Waals surface area contributed by atoms with Gasteiger partial charge in [0.1, 0.15) is 6.33 Å². The van der Waals surface area contributed by atoms with Gasteiger partial charge in [-0.15, -0.1) is 0 Å².